The summed E-state index contributed by atoms with van der Waals surface area (Å²) in [6, 6.07) is 3.73. The summed E-state index contributed by atoms with van der Waals surface area (Å²) in [5.74, 6) is 1.26. The molecule has 2 N–H and O–H groups in total. The molecule has 0 aliphatic carbocycles. The Morgan fingerprint density at radius 2 is 2.00 bits per heavy atom. The highest BCUT2D eigenvalue weighted by Crippen LogP contribution is 2.36. The Morgan fingerprint density at radius 3 is 2.65 bits per heavy atom. The van der Waals surface area contributed by atoms with Crippen molar-refractivity contribution in [2.45, 2.75) is 25.7 Å². The van der Waals surface area contributed by atoms with Gasteiger partial charge >= 0.3 is 0 Å². The maximum Gasteiger partial charge on any atom is 0.227 e. The maximum atomic E-state index is 12.2. The number of nitrogens with one attached hydrogen (secondary N) is 1. The summed E-state index contributed by atoms with van der Waals surface area (Å²) >= 11 is 0. The van der Waals surface area contributed by atoms with Crippen molar-refractivity contribution in [3.63, 3.8) is 0 Å². The average Bonchev–Trinajstić information content (AvgIpc) is 2.61. The summed E-state index contributed by atoms with van der Waals surface area (Å²) in [4.78, 5) is 12.2. The van der Waals surface area contributed by atoms with Gasteiger partial charge in [0, 0.05) is 24.3 Å². The zero-order valence-corrected chi connectivity index (χ0v) is 11.9. The third-order valence-corrected chi connectivity index (χ3v) is 3.71. The largest absolute Gasteiger partial charge is 0.493 e. The van der Waals surface area contributed by atoms with Crippen molar-refractivity contribution in [1.82, 2.24) is 0 Å². The smallest absolute Gasteiger partial charge is 0.227 e. The Morgan fingerprint density at radius 1 is 1.30 bits per heavy atom. The van der Waals surface area contributed by atoms with Crippen molar-refractivity contribution in [2.75, 3.05) is 26.1 Å². The lowest BCUT2D eigenvalue weighted by atomic mass is 9.96. The number of carbonyl (C=O) groups excluding carboxylic acids is 1. The van der Waals surface area contributed by atoms with Gasteiger partial charge in [-0.05, 0) is 37.3 Å². The quantitative estimate of drug-likeness (QED) is 0.865. The molecule has 0 saturated carbocycles. The minimum Gasteiger partial charge on any atom is -0.493 e. The molecule has 1 amide bonds. The molecule has 1 aliphatic rings. The number of hydrogen-bond acceptors (Lipinski definition) is 4. The predicted molar refractivity (Wildman–Crippen MR) is 76.3 cm³/mol. The van der Waals surface area contributed by atoms with E-state index in [-0.39, 0.29) is 18.4 Å². The normalized spacial score (nSPS) is 17.9. The third kappa shape index (κ3) is 3.04. The molecule has 0 aromatic heterocycles. The van der Waals surface area contributed by atoms with Crippen molar-refractivity contribution < 1.29 is 19.4 Å². The number of aliphatic hydroxyl groups is 1. The van der Waals surface area contributed by atoms with E-state index in [4.69, 9.17) is 14.6 Å². The highest BCUT2D eigenvalue weighted by molar-refractivity contribution is 5.94. The van der Waals surface area contributed by atoms with Gasteiger partial charge in [-0.15, -0.1) is 0 Å². The van der Waals surface area contributed by atoms with Crippen LogP contribution in [0.1, 0.15) is 24.8 Å². The molecule has 0 spiro atoms. The van der Waals surface area contributed by atoms with Crippen LogP contribution in [0.3, 0.4) is 0 Å². The van der Waals surface area contributed by atoms with Gasteiger partial charge < -0.3 is 19.9 Å². The Labute approximate surface area is 118 Å². The zero-order valence-electron chi connectivity index (χ0n) is 11.9. The van der Waals surface area contributed by atoms with E-state index in [0.29, 0.717) is 24.3 Å². The molecule has 0 fully saturated rings. The van der Waals surface area contributed by atoms with Gasteiger partial charge in [-0.3, -0.25) is 4.79 Å². The monoisotopic (exact) mass is 279 g/mol. The molecule has 0 saturated heterocycles. The first-order chi connectivity index (χ1) is 9.69. The van der Waals surface area contributed by atoms with E-state index in [1.807, 2.05) is 6.07 Å². The summed E-state index contributed by atoms with van der Waals surface area (Å²) in [7, 11) is 3.18. The Hall–Kier alpha value is -1.75. The van der Waals surface area contributed by atoms with E-state index in [2.05, 4.69) is 5.32 Å². The Balaban J connectivity index is 2.24. The average molecular weight is 279 g/mol. The van der Waals surface area contributed by atoms with Crippen LogP contribution in [0.2, 0.25) is 0 Å². The second-order valence-corrected chi connectivity index (χ2v) is 4.96. The number of carbonyl (C=O) groups is 1. The standard InChI is InChI=1S/C15H21NO4/c1-19-13-8-11-6-5-10(4-3-7-17)15(18)16-12(11)9-14(13)20-2/h8-10,17H,3-7H2,1-2H3,(H,16,18). The fraction of sp³-hybridized carbons (Fsp3) is 0.533. The van der Waals surface area contributed by atoms with Gasteiger partial charge in [-0.1, -0.05) is 0 Å². The fourth-order valence-electron chi connectivity index (χ4n) is 2.55. The van der Waals surface area contributed by atoms with Crippen LogP contribution in [0, 0.1) is 5.92 Å². The van der Waals surface area contributed by atoms with Gasteiger partial charge in [-0.25, -0.2) is 0 Å². The van der Waals surface area contributed by atoms with Crippen molar-refractivity contribution in [3.8, 4) is 11.5 Å². The van der Waals surface area contributed by atoms with Gasteiger partial charge in [0.1, 0.15) is 0 Å². The first kappa shape index (κ1) is 14.7. The molecule has 20 heavy (non-hydrogen) atoms. The van der Waals surface area contributed by atoms with E-state index >= 15 is 0 Å². The minimum atomic E-state index is -0.0495. The number of amides is 1. The van der Waals surface area contributed by atoms with Crippen LogP contribution >= 0.6 is 0 Å². The van der Waals surface area contributed by atoms with E-state index in [0.717, 1.165) is 24.1 Å². The van der Waals surface area contributed by atoms with Gasteiger partial charge in [0.05, 0.1) is 14.2 Å². The van der Waals surface area contributed by atoms with Crippen LogP contribution < -0.4 is 14.8 Å². The van der Waals surface area contributed by atoms with Crippen LogP contribution in [-0.2, 0) is 11.2 Å². The van der Waals surface area contributed by atoms with Gasteiger partial charge in [-0.2, -0.15) is 0 Å². The summed E-state index contributed by atoms with van der Waals surface area (Å²) in [6.45, 7) is 0.123. The van der Waals surface area contributed by atoms with Crippen LogP contribution in [0.5, 0.6) is 11.5 Å². The van der Waals surface area contributed by atoms with Crippen LogP contribution in [0.4, 0.5) is 5.69 Å². The van der Waals surface area contributed by atoms with Crippen molar-refractivity contribution >= 4 is 11.6 Å². The Kier molecular flexibility index (Phi) is 4.84. The van der Waals surface area contributed by atoms with E-state index in [1.54, 1.807) is 20.3 Å². The van der Waals surface area contributed by atoms with Gasteiger partial charge in [0.25, 0.3) is 0 Å². The van der Waals surface area contributed by atoms with E-state index < -0.39 is 0 Å². The molecule has 1 atom stereocenters. The molecule has 1 aromatic carbocycles. The molecule has 1 aromatic rings. The molecule has 110 valence electrons. The van der Waals surface area contributed by atoms with Crippen LogP contribution in [0.25, 0.3) is 0 Å². The zero-order chi connectivity index (χ0) is 14.5. The van der Waals surface area contributed by atoms with Crippen LogP contribution in [0.15, 0.2) is 12.1 Å². The number of aryl methyl sites for hydroxylation is 1. The Bertz CT molecular complexity index is 487. The minimum absolute atomic E-state index is 0.0180. The van der Waals surface area contributed by atoms with E-state index in [1.165, 1.54) is 0 Å². The highest BCUT2D eigenvalue weighted by Gasteiger charge is 2.24. The number of benzene rings is 1. The number of fused-ring (bicyclic) bond motifs is 1. The SMILES string of the molecule is COc1cc2c(cc1OC)NC(=O)C(CCCO)CC2. The molecule has 1 unspecified atom stereocenters. The summed E-state index contributed by atoms with van der Waals surface area (Å²) < 4.78 is 10.6. The number of ether oxygens (including phenoxy) is 2. The lowest BCUT2D eigenvalue weighted by Crippen LogP contribution is -2.21. The highest BCUT2D eigenvalue weighted by atomic mass is 16.5. The molecular weight excluding hydrogens is 258 g/mol. The fourth-order valence-corrected chi connectivity index (χ4v) is 2.55. The number of methoxy groups -OCH3 is 2. The molecule has 1 aliphatic heterocycles. The number of hydrogen-bond donors (Lipinski definition) is 2. The topological polar surface area (TPSA) is 67.8 Å². The maximum absolute atomic E-state index is 12.2. The molecule has 1 heterocycles. The third-order valence-electron chi connectivity index (χ3n) is 3.71. The second kappa shape index (κ2) is 6.61. The van der Waals surface area contributed by atoms with E-state index in [9.17, 15) is 4.79 Å². The lowest BCUT2D eigenvalue weighted by molar-refractivity contribution is -0.120. The lowest BCUT2D eigenvalue weighted by Gasteiger charge is -2.13. The summed E-state index contributed by atoms with van der Waals surface area (Å²) in [5, 5.41) is 11.9. The summed E-state index contributed by atoms with van der Waals surface area (Å²) in [5.41, 5.74) is 1.85. The van der Waals surface area contributed by atoms with Gasteiger partial charge in [0.15, 0.2) is 11.5 Å². The van der Waals surface area contributed by atoms with Crippen molar-refractivity contribution in [1.29, 1.82) is 0 Å². The first-order valence-electron chi connectivity index (χ1n) is 6.86. The number of anilines is 1. The predicted octanol–water partition coefficient (Wildman–Crippen LogP) is 1.98. The second-order valence-electron chi connectivity index (χ2n) is 4.96. The van der Waals surface area contributed by atoms with Crippen molar-refractivity contribution in [2.24, 2.45) is 5.92 Å². The molecule has 5 nitrogen and oxygen atoms in total. The van der Waals surface area contributed by atoms with Gasteiger partial charge in [0.2, 0.25) is 5.91 Å². The van der Waals surface area contributed by atoms with Crippen LogP contribution in [-0.4, -0.2) is 31.8 Å². The molecule has 0 bridgehead atoms. The molecule has 5 heteroatoms. The molecule has 0 radical (unpaired) electrons. The summed E-state index contributed by atoms with van der Waals surface area (Å²) in [6.07, 6.45) is 2.96. The molecule has 2 rings (SSSR count). The number of aliphatic hydroxyl groups excluding tert-OH is 1. The van der Waals surface area contributed by atoms with Crippen molar-refractivity contribution in [3.05, 3.63) is 17.7 Å². The molecular formula is C15H21NO4. The first-order valence-corrected chi connectivity index (χ1v) is 6.86. The number of rotatable bonds is 5.